The number of hydrogen-bond acceptors (Lipinski definition) is 3. The second-order valence-corrected chi connectivity index (χ2v) is 4.44. The molecule has 0 unspecified atom stereocenters. The molecule has 94 valence electrons. The Balaban J connectivity index is 2.06. The summed E-state index contributed by atoms with van der Waals surface area (Å²) in [7, 11) is 0. The molecule has 1 aromatic heterocycles. The summed E-state index contributed by atoms with van der Waals surface area (Å²) in [6.45, 7) is 0. The van der Waals surface area contributed by atoms with Crippen LogP contribution in [0.4, 0.5) is 13.2 Å². The summed E-state index contributed by atoms with van der Waals surface area (Å²) < 4.78 is 37.3. The number of benzene rings is 1. The van der Waals surface area contributed by atoms with E-state index in [2.05, 4.69) is 9.97 Å². The second kappa shape index (κ2) is 5.39. The van der Waals surface area contributed by atoms with Gasteiger partial charge in [0.05, 0.1) is 0 Å². The molecular formula is C12H9F3N2S. The highest BCUT2D eigenvalue weighted by Crippen LogP contribution is 2.28. The average molecular weight is 270 g/mol. The van der Waals surface area contributed by atoms with Crippen LogP contribution >= 0.6 is 11.8 Å². The summed E-state index contributed by atoms with van der Waals surface area (Å²) in [4.78, 5) is 7.31. The molecule has 2 aromatic rings. The van der Waals surface area contributed by atoms with E-state index >= 15 is 0 Å². The van der Waals surface area contributed by atoms with Crippen LogP contribution in [-0.2, 0) is 11.9 Å². The molecule has 0 spiro atoms. The first-order valence-corrected chi connectivity index (χ1v) is 6.11. The number of nitrogens with zero attached hydrogens (tertiary/aromatic N) is 2. The zero-order valence-electron chi connectivity index (χ0n) is 9.19. The Labute approximate surface area is 106 Å². The van der Waals surface area contributed by atoms with Crippen LogP contribution in [0.3, 0.4) is 0 Å². The predicted molar refractivity (Wildman–Crippen MR) is 63.0 cm³/mol. The number of aromatic nitrogens is 2. The number of alkyl halides is 3. The molecule has 0 amide bonds. The van der Waals surface area contributed by atoms with Crippen molar-refractivity contribution in [1.82, 2.24) is 9.97 Å². The summed E-state index contributed by atoms with van der Waals surface area (Å²) in [5.41, 5.74) is 0.108. The largest absolute Gasteiger partial charge is 0.433 e. The van der Waals surface area contributed by atoms with Crippen molar-refractivity contribution >= 4 is 11.8 Å². The minimum atomic E-state index is -4.43. The lowest BCUT2D eigenvalue weighted by atomic mass is 10.2. The van der Waals surface area contributed by atoms with Crippen LogP contribution in [0.15, 0.2) is 47.8 Å². The van der Waals surface area contributed by atoms with E-state index in [1.807, 2.05) is 30.3 Å². The molecule has 18 heavy (non-hydrogen) atoms. The van der Waals surface area contributed by atoms with Crippen molar-refractivity contribution in [3.05, 3.63) is 53.9 Å². The van der Waals surface area contributed by atoms with Gasteiger partial charge in [-0.3, -0.25) is 0 Å². The molecular weight excluding hydrogens is 261 g/mol. The van der Waals surface area contributed by atoms with Crippen LogP contribution in [-0.4, -0.2) is 9.97 Å². The Kier molecular flexibility index (Phi) is 3.86. The Hall–Kier alpha value is -1.56. The lowest BCUT2D eigenvalue weighted by Gasteiger charge is -2.06. The second-order valence-electron chi connectivity index (χ2n) is 3.50. The highest BCUT2D eigenvalue weighted by atomic mass is 32.2. The van der Waals surface area contributed by atoms with Gasteiger partial charge >= 0.3 is 6.18 Å². The SMILES string of the molecule is FC(F)(F)c1ccnc(SCc2ccccc2)n1. The third-order valence-electron chi connectivity index (χ3n) is 2.13. The van der Waals surface area contributed by atoms with Crippen molar-refractivity contribution in [3.63, 3.8) is 0 Å². The third kappa shape index (κ3) is 3.46. The Morgan fingerprint density at radius 1 is 1.06 bits per heavy atom. The van der Waals surface area contributed by atoms with Crippen LogP contribution in [0.1, 0.15) is 11.3 Å². The molecule has 0 saturated carbocycles. The van der Waals surface area contributed by atoms with Gasteiger partial charge in [0.25, 0.3) is 0 Å². The monoisotopic (exact) mass is 270 g/mol. The lowest BCUT2D eigenvalue weighted by Crippen LogP contribution is -2.08. The van der Waals surface area contributed by atoms with Gasteiger partial charge in [-0.1, -0.05) is 42.1 Å². The van der Waals surface area contributed by atoms with Crippen molar-refractivity contribution in [2.24, 2.45) is 0 Å². The molecule has 1 heterocycles. The van der Waals surface area contributed by atoms with Gasteiger partial charge in [-0.15, -0.1) is 0 Å². The van der Waals surface area contributed by atoms with Gasteiger partial charge in [-0.05, 0) is 11.6 Å². The topological polar surface area (TPSA) is 25.8 Å². The van der Waals surface area contributed by atoms with E-state index in [4.69, 9.17) is 0 Å². The van der Waals surface area contributed by atoms with Crippen LogP contribution in [0.2, 0.25) is 0 Å². The van der Waals surface area contributed by atoms with Crippen LogP contribution in [0, 0.1) is 0 Å². The quantitative estimate of drug-likeness (QED) is 0.627. The number of halogens is 3. The fourth-order valence-electron chi connectivity index (χ4n) is 1.29. The van der Waals surface area contributed by atoms with Crippen molar-refractivity contribution in [1.29, 1.82) is 0 Å². The molecule has 2 rings (SSSR count). The summed E-state index contributed by atoms with van der Waals surface area (Å²) >= 11 is 1.18. The maximum absolute atomic E-state index is 12.4. The normalized spacial score (nSPS) is 11.5. The van der Waals surface area contributed by atoms with Crippen molar-refractivity contribution in [2.45, 2.75) is 17.1 Å². The van der Waals surface area contributed by atoms with E-state index in [-0.39, 0.29) is 5.16 Å². The first kappa shape index (κ1) is 12.9. The standard InChI is InChI=1S/C12H9F3N2S/c13-12(14,15)10-6-7-16-11(17-10)18-8-9-4-2-1-3-5-9/h1-7H,8H2. The molecule has 0 N–H and O–H groups in total. The lowest BCUT2D eigenvalue weighted by molar-refractivity contribution is -0.141. The molecule has 0 aliphatic heterocycles. The first-order chi connectivity index (χ1) is 8.55. The van der Waals surface area contributed by atoms with Gasteiger partial charge in [0.15, 0.2) is 5.16 Å². The van der Waals surface area contributed by atoms with Crippen molar-refractivity contribution < 1.29 is 13.2 Å². The fraction of sp³-hybridized carbons (Fsp3) is 0.167. The van der Waals surface area contributed by atoms with E-state index in [9.17, 15) is 13.2 Å². The van der Waals surface area contributed by atoms with E-state index in [0.717, 1.165) is 17.8 Å². The highest BCUT2D eigenvalue weighted by molar-refractivity contribution is 7.98. The summed E-state index contributed by atoms with van der Waals surface area (Å²) in [5, 5.41) is 0.133. The molecule has 0 fully saturated rings. The molecule has 0 bridgehead atoms. The smallest absolute Gasteiger partial charge is 0.231 e. The van der Waals surface area contributed by atoms with Gasteiger partial charge < -0.3 is 0 Å². The van der Waals surface area contributed by atoms with Gasteiger partial charge in [0.2, 0.25) is 0 Å². The zero-order valence-corrected chi connectivity index (χ0v) is 10.0. The molecule has 0 atom stereocenters. The van der Waals surface area contributed by atoms with Gasteiger partial charge in [0, 0.05) is 11.9 Å². The van der Waals surface area contributed by atoms with E-state index in [1.165, 1.54) is 11.8 Å². The van der Waals surface area contributed by atoms with Crippen molar-refractivity contribution in [3.8, 4) is 0 Å². The Morgan fingerprint density at radius 2 is 1.78 bits per heavy atom. The average Bonchev–Trinajstić information content (AvgIpc) is 2.37. The molecule has 0 aliphatic rings. The van der Waals surface area contributed by atoms with Gasteiger partial charge in [-0.2, -0.15) is 13.2 Å². The maximum Gasteiger partial charge on any atom is 0.433 e. The van der Waals surface area contributed by atoms with Crippen LogP contribution < -0.4 is 0 Å². The molecule has 6 heteroatoms. The third-order valence-corrected chi connectivity index (χ3v) is 3.07. The van der Waals surface area contributed by atoms with Crippen LogP contribution in [0.5, 0.6) is 0 Å². The Morgan fingerprint density at radius 3 is 2.44 bits per heavy atom. The predicted octanol–water partition coefficient (Wildman–Crippen LogP) is 3.79. The molecule has 0 radical (unpaired) electrons. The van der Waals surface area contributed by atoms with Gasteiger partial charge in [-0.25, -0.2) is 9.97 Å². The van der Waals surface area contributed by atoms with Gasteiger partial charge in [0.1, 0.15) is 5.69 Å². The minimum absolute atomic E-state index is 0.133. The zero-order chi connectivity index (χ0) is 13.0. The maximum atomic E-state index is 12.4. The van der Waals surface area contributed by atoms with E-state index < -0.39 is 11.9 Å². The molecule has 0 aliphatic carbocycles. The van der Waals surface area contributed by atoms with E-state index in [1.54, 1.807) is 0 Å². The number of hydrogen-bond donors (Lipinski definition) is 0. The fourth-order valence-corrected chi connectivity index (χ4v) is 2.08. The van der Waals surface area contributed by atoms with E-state index in [0.29, 0.717) is 5.75 Å². The van der Waals surface area contributed by atoms with Crippen molar-refractivity contribution in [2.75, 3.05) is 0 Å². The number of thioether (sulfide) groups is 1. The minimum Gasteiger partial charge on any atom is -0.231 e. The summed E-state index contributed by atoms with van der Waals surface area (Å²) in [6, 6.07) is 10.3. The summed E-state index contributed by atoms with van der Waals surface area (Å²) in [5.74, 6) is 0.544. The van der Waals surface area contributed by atoms with Crippen LogP contribution in [0.25, 0.3) is 0 Å². The summed E-state index contributed by atoms with van der Waals surface area (Å²) in [6.07, 6.45) is -3.30. The number of rotatable bonds is 3. The highest BCUT2D eigenvalue weighted by Gasteiger charge is 2.32. The molecule has 0 saturated heterocycles. The Bertz CT molecular complexity index is 514. The molecule has 1 aromatic carbocycles. The first-order valence-electron chi connectivity index (χ1n) is 5.13. The molecule has 2 nitrogen and oxygen atoms in total.